The predicted molar refractivity (Wildman–Crippen MR) is 116 cm³/mol. The second-order valence-corrected chi connectivity index (χ2v) is 7.92. The monoisotopic (exact) mass is 421 g/mol. The molecule has 0 radical (unpaired) electrons. The minimum atomic E-state index is -0.568. The van der Waals surface area contributed by atoms with Gasteiger partial charge in [-0.3, -0.25) is 14.9 Å². The summed E-state index contributed by atoms with van der Waals surface area (Å²) in [5.41, 5.74) is 4.74. The molecule has 0 aliphatic carbocycles. The molecule has 1 saturated heterocycles. The Morgan fingerprint density at radius 3 is 2.77 bits per heavy atom. The lowest BCUT2D eigenvalue weighted by Crippen LogP contribution is -2.33. The molecule has 0 bridgehead atoms. The van der Waals surface area contributed by atoms with Gasteiger partial charge in [0.25, 0.3) is 5.91 Å². The first-order chi connectivity index (χ1) is 15.2. The Bertz CT molecular complexity index is 1010. The number of likely N-dealkylation sites (tertiary alicyclic amines) is 1. The minimum absolute atomic E-state index is 0.116. The molecule has 1 amide bonds. The van der Waals surface area contributed by atoms with E-state index in [9.17, 15) is 9.90 Å². The smallest absolute Gasteiger partial charge is 0.274 e. The molecule has 1 aliphatic heterocycles. The van der Waals surface area contributed by atoms with Crippen molar-refractivity contribution in [3.8, 4) is 11.3 Å². The molecule has 3 N–H and O–H groups in total. The van der Waals surface area contributed by atoms with E-state index in [1.807, 2.05) is 23.0 Å². The van der Waals surface area contributed by atoms with Crippen molar-refractivity contribution in [3.63, 3.8) is 0 Å². The van der Waals surface area contributed by atoms with E-state index in [1.165, 1.54) is 5.56 Å². The molecule has 8 heteroatoms. The molecule has 8 nitrogen and oxygen atoms in total. The average molecular weight is 422 g/mol. The van der Waals surface area contributed by atoms with Gasteiger partial charge in [0.1, 0.15) is 5.69 Å². The van der Waals surface area contributed by atoms with Gasteiger partial charge in [0.15, 0.2) is 0 Å². The number of nitrogens with one attached hydrogen (secondary N) is 1. The lowest BCUT2D eigenvalue weighted by Gasteiger charge is -2.22. The number of carbonyl (C=O) groups is 1. The number of hydrogen-bond donors (Lipinski definition) is 3. The van der Waals surface area contributed by atoms with E-state index in [2.05, 4.69) is 39.5 Å². The third kappa shape index (κ3) is 4.99. The zero-order chi connectivity index (χ0) is 21.6. The molecule has 162 valence electrons. The predicted octanol–water partition coefficient (Wildman–Crippen LogP) is 2.30. The third-order valence-electron chi connectivity index (χ3n) is 5.88. The van der Waals surface area contributed by atoms with Gasteiger partial charge in [-0.1, -0.05) is 47.7 Å². The van der Waals surface area contributed by atoms with Crippen LogP contribution in [0.15, 0.2) is 60.8 Å². The number of hydrogen-bond acceptors (Lipinski definition) is 6. The van der Waals surface area contributed by atoms with Crippen LogP contribution >= 0.6 is 0 Å². The van der Waals surface area contributed by atoms with Crippen molar-refractivity contribution in [2.24, 2.45) is 0 Å². The number of hydroxylamine groups is 1. The molecule has 0 spiro atoms. The number of aryl methyl sites for hydroxylation is 1. The minimum Gasteiger partial charge on any atom is -0.395 e. The number of amides is 1. The lowest BCUT2D eigenvalue weighted by atomic mass is 10.1. The quantitative estimate of drug-likeness (QED) is 0.381. The van der Waals surface area contributed by atoms with Crippen molar-refractivity contribution >= 4 is 5.91 Å². The molecule has 1 fully saturated rings. The van der Waals surface area contributed by atoms with Crippen LogP contribution in [0.3, 0.4) is 0 Å². The van der Waals surface area contributed by atoms with E-state index in [0.29, 0.717) is 11.3 Å². The second-order valence-electron chi connectivity index (χ2n) is 7.92. The number of aromatic nitrogens is 3. The van der Waals surface area contributed by atoms with Gasteiger partial charge in [0.05, 0.1) is 18.8 Å². The summed E-state index contributed by atoms with van der Waals surface area (Å²) in [6, 6.07) is 17.6. The van der Waals surface area contributed by atoms with E-state index in [-0.39, 0.29) is 18.7 Å². The second kappa shape index (κ2) is 9.82. The van der Waals surface area contributed by atoms with Gasteiger partial charge in [0.2, 0.25) is 0 Å². The Kier molecular flexibility index (Phi) is 6.71. The highest BCUT2D eigenvalue weighted by molar-refractivity contribution is 5.94. The molecule has 4 rings (SSSR count). The zero-order valence-corrected chi connectivity index (χ0v) is 17.3. The summed E-state index contributed by atoms with van der Waals surface area (Å²) in [6.07, 6.45) is 4.75. The normalized spacial score (nSPS) is 18.9. The molecule has 3 aromatic rings. The molecule has 1 aliphatic rings. The molecule has 2 atom stereocenters. The van der Waals surface area contributed by atoms with Crippen molar-refractivity contribution in [3.05, 3.63) is 71.9 Å². The molecule has 0 unspecified atom stereocenters. The van der Waals surface area contributed by atoms with Crippen molar-refractivity contribution in [1.82, 2.24) is 25.4 Å². The van der Waals surface area contributed by atoms with E-state index >= 15 is 0 Å². The first-order valence-corrected chi connectivity index (χ1v) is 10.5. The molecule has 2 aromatic carbocycles. The largest absolute Gasteiger partial charge is 0.395 e. The summed E-state index contributed by atoms with van der Waals surface area (Å²) in [5.74, 6) is -0.568. The van der Waals surface area contributed by atoms with Crippen LogP contribution in [-0.4, -0.2) is 61.9 Å². The maximum absolute atomic E-state index is 11.7. The van der Waals surface area contributed by atoms with Gasteiger partial charge in [-0.15, -0.1) is 5.10 Å². The van der Waals surface area contributed by atoms with Gasteiger partial charge in [-0.05, 0) is 43.5 Å². The molecule has 2 heterocycles. The first kappa shape index (κ1) is 21.2. The highest BCUT2D eigenvalue weighted by atomic mass is 16.5. The van der Waals surface area contributed by atoms with Crippen LogP contribution in [0.25, 0.3) is 11.3 Å². The Morgan fingerprint density at radius 2 is 2.00 bits per heavy atom. The van der Waals surface area contributed by atoms with Crippen LogP contribution < -0.4 is 5.48 Å². The summed E-state index contributed by atoms with van der Waals surface area (Å²) >= 11 is 0. The number of rotatable bonds is 8. The van der Waals surface area contributed by atoms with Crippen LogP contribution in [0.1, 0.15) is 34.8 Å². The number of carbonyl (C=O) groups excluding carboxylic acids is 1. The van der Waals surface area contributed by atoms with Crippen LogP contribution in [0.2, 0.25) is 0 Å². The molecule has 0 saturated carbocycles. The van der Waals surface area contributed by atoms with Crippen LogP contribution in [0.4, 0.5) is 0 Å². The Hall–Kier alpha value is -3.07. The zero-order valence-electron chi connectivity index (χ0n) is 17.3. The summed E-state index contributed by atoms with van der Waals surface area (Å²) in [7, 11) is 0. The Balaban J connectivity index is 1.40. The van der Waals surface area contributed by atoms with Gasteiger partial charge in [-0.2, -0.15) is 0 Å². The van der Waals surface area contributed by atoms with Crippen LogP contribution in [0.5, 0.6) is 0 Å². The fraction of sp³-hybridized carbons (Fsp3) is 0.348. The summed E-state index contributed by atoms with van der Waals surface area (Å²) in [4.78, 5) is 14.0. The van der Waals surface area contributed by atoms with E-state index in [1.54, 1.807) is 23.7 Å². The molecule has 31 heavy (non-hydrogen) atoms. The fourth-order valence-corrected chi connectivity index (χ4v) is 4.22. The molecular weight excluding hydrogens is 394 g/mol. The Morgan fingerprint density at radius 1 is 1.16 bits per heavy atom. The lowest BCUT2D eigenvalue weighted by molar-refractivity contribution is 0.0706. The average Bonchev–Trinajstić information content (AvgIpc) is 3.46. The van der Waals surface area contributed by atoms with Gasteiger partial charge in [-0.25, -0.2) is 10.2 Å². The standard InChI is InChI=1S/C23H27N5O3/c29-16-21-13-20(14-27(21)11-5-8-17-6-2-1-3-7-17)28-15-22(24-26-28)18-9-4-10-19(12-18)23(30)25-31/h1-4,6-7,9-10,12,15,20-21,29,31H,5,8,11,13-14,16H2,(H,25,30)/t20-,21+/m0/s1. The van der Waals surface area contributed by atoms with Crippen LogP contribution in [-0.2, 0) is 6.42 Å². The molecular formula is C23H27N5O3. The molecule has 1 aromatic heterocycles. The van der Waals surface area contributed by atoms with Crippen molar-refractivity contribution in [2.45, 2.75) is 31.3 Å². The summed E-state index contributed by atoms with van der Waals surface area (Å²) in [6.45, 7) is 1.87. The highest BCUT2D eigenvalue weighted by Gasteiger charge is 2.33. The van der Waals surface area contributed by atoms with Crippen molar-refractivity contribution < 1.29 is 15.1 Å². The van der Waals surface area contributed by atoms with Gasteiger partial charge < -0.3 is 5.11 Å². The third-order valence-corrected chi connectivity index (χ3v) is 5.88. The van der Waals surface area contributed by atoms with Gasteiger partial charge >= 0.3 is 0 Å². The summed E-state index contributed by atoms with van der Waals surface area (Å²) in [5, 5.41) is 27.3. The maximum Gasteiger partial charge on any atom is 0.274 e. The maximum atomic E-state index is 11.7. The highest BCUT2D eigenvalue weighted by Crippen LogP contribution is 2.28. The number of benzene rings is 2. The van der Waals surface area contributed by atoms with Crippen molar-refractivity contribution in [1.29, 1.82) is 0 Å². The van der Waals surface area contributed by atoms with E-state index in [0.717, 1.165) is 37.9 Å². The summed E-state index contributed by atoms with van der Waals surface area (Å²) < 4.78 is 1.86. The van der Waals surface area contributed by atoms with E-state index in [4.69, 9.17) is 5.21 Å². The van der Waals surface area contributed by atoms with Crippen LogP contribution in [0, 0.1) is 0 Å². The number of nitrogens with zero attached hydrogens (tertiary/aromatic N) is 4. The first-order valence-electron chi connectivity index (χ1n) is 10.5. The Labute approximate surface area is 181 Å². The SMILES string of the molecule is O=C(NO)c1cccc(-c2cn([C@H]3C[C@H](CO)N(CCCc4ccccc4)C3)nn2)c1. The van der Waals surface area contributed by atoms with E-state index < -0.39 is 5.91 Å². The fourth-order valence-electron chi connectivity index (χ4n) is 4.22. The van der Waals surface area contributed by atoms with Crippen molar-refractivity contribution in [2.75, 3.05) is 19.7 Å². The number of aliphatic hydroxyl groups excluding tert-OH is 1. The van der Waals surface area contributed by atoms with Gasteiger partial charge in [0, 0.05) is 23.7 Å². The number of aliphatic hydroxyl groups is 1. The topological polar surface area (TPSA) is 104 Å².